The van der Waals surface area contributed by atoms with Gasteiger partial charge in [0.1, 0.15) is 0 Å². The summed E-state index contributed by atoms with van der Waals surface area (Å²) in [5.74, 6) is 0.153. The first-order chi connectivity index (χ1) is 8.44. The molecule has 4 nitrogen and oxygen atoms in total. The highest BCUT2D eigenvalue weighted by Gasteiger charge is 2.22. The molecule has 0 aromatic heterocycles. The summed E-state index contributed by atoms with van der Waals surface area (Å²) < 4.78 is 26.0. The number of sulfonamides is 1. The van der Waals surface area contributed by atoms with Gasteiger partial charge in [-0.25, -0.2) is 8.42 Å². The zero-order valence-electron chi connectivity index (χ0n) is 11.3. The molecule has 0 bridgehead atoms. The van der Waals surface area contributed by atoms with Crippen LogP contribution in [0.2, 0.25) is 0 Å². The Morgan fingerprint density at radius 1 is 1.28 bits per heavy atom. The van der Waals surface area contributed by atoms with Gasteiger partial charge in [-0.05, 0) is 37.5 Å². The summed E-state index contributed by atoms with van der Waals surface area (Å²) >= 11 is 0. The van der Waals surface area contributed by atoms with Crippen molar-refractivity contribution in [3.8, 4) is 0 Å². The molecule has 0 aliphatic heterocycles. The molecule has 0 aliphatic carbocycles. The molecule has 0 atom stereocenters. The molecule has 0 fully saturated rings. The average Bonchev–Trinajstić information content (AvgIpc) is 2.30. The molecular formula is C13H22N2O2S. The van der Waals surface area contributed by atoms with E-state index < -0.39 is 10.0 Å². The lowest BCUT2D eigenvalue weighted by Crippen LogP contribution is -2.37. The Hall–Kier alpha value is -1.07. The highest BCUT2D eigenvalue weighted by molar-refractivity contribution is 7.92. The molecule has 0 amide bonds. The standard InChI is InChI=1S/C13H22N2O2S/c1-4-10-18(16,17)15(9-8-14)13-7-5-6-11(2)12(13)3/h5-7H,4,8-10,14H2,1-3H3. The van der Waals surface area contributed by atoms with Gasteiger partial charge in [0.25, 0.3) is 0 Å². The SMILES string of the molecule is CCCS(=O)(=O)N(CCN)c1cccc(C)c1C. The predicted molar refractivity (Wildman–Crippen MR) is 76.4 cm³/mol. The van der Waals surface area contributed by atoms with Gasteiger partial charge in [0.2, 0.25) is 10.0 Å². The van der Waals surface area contributed by atoms with E-state index in [4.69, 9.17) is 5.73 Å². The Morgan fingerprint density at radius 3 is 2.50 bits per heavy atom. The molecule has 0 unspecified atom stereocenters. The van der Waals surface area contributed by atoms with Crippen molar-refractivity contribution >= 4 is 15.7 Å². The van der Waals surface area contributed by atoms with Crippen LogP contribution in [0.15, 0.2) is 18.2 Å². The van der Waals surface area contributed by atoms with Crippen molar-refractivity contribution in [1.82, 2.24) is 0 Å². The van der Waals surface area contributed by atoms with Crippen LogP contribution in [0.25, 0.3) is 0 Å². The quantitative estimate of drug-likeness (QED) is 0.857. The van der Waals surface area contributed by atoms with E-state index in [-0.39, 0.29) is 5.75 Å². The van der Waals surface area contributed by atoms with Crippen LogP contribution in [0.3, 0.4) is 0 Å². The molecule has 1 aromatic rings. The molecule has 1 rings (SSSR count). The highest BCUT2D eigenvalue weighted by atomic mass is 32.2. The number of hydrogen-bond donors (Lipinski definition) is 1. The van der Waals surface area contributed by atoms with E-state index in [0.717, 1.165) is 16.8 Å². The van der Waals surface area contributed by atoms with Gasteiger partial charge in [0.05, 0.1) is 11.4 Å². The molecule has 0 radical (unpaired) electrons. The van der Waals surface area contributed by atoms with E-state index >= 15 is 0 Å². The fraction of sp³-hybridized carbons (Fsp3) is 0.538. The normalized spacial score (nSPS) is 11.6. The number of nitrogens with two attached hydrogens (primary N) is 1. The van der Waals surface area contributed by atoms with Crippen molar-refractivity contribution in [2.75, 3.05) is 23.1 Å². The zero-order valence-corrected chi connectivity index (χ0v) is 12.1. The number of anilines is 1. The van der Waals surface area contributed by atoms with Gasteiger partial charge < -0.3 is 5.73 Å². The lowest BCUT2D eigenvalue weighted by Gasteiger charge is -2.26. The van der Waals surface area contributed by atoms with E-state index in [1.54, 1.807) is 0 Å². The molecule has 1 aromatic carbocycles. The number of rotatable bonds is 6. The minimum Gasteiger partial charge on any atom is -0.329 e. The molecule has 18 heavy (non-hydrogen) atoms. The van der Waals surface area contributed by atoms with Crippen molar-refractivity contribution in [2.45, 2.75) is 27.2 Å². The van der Waals surface area contributed by atoms with Crippen molar-refractivity contribution in [1.29, 1.82) is 0 Å². The third-order valence-electron chi connectivity index (χ3n) is 2.97. The number of nitrogens with zero attached hydrogens (tertiary/aromatic N) is 1. The molecule has 0 saturated carbocycles. The number of aryl methyl sites for hydroxylation is 1. The summed E-state index contributed by atoms with van der Waals surface area (Å²) in [7, 11) is -3.27. The van der Waals surface area contributed by atoms with E-state index in [0.29, 0.717) is 19.5 Å². The molecule has 0 spiro atoms. The zero-order chi connectivity index (χ0) is 13.8. The van der Waals surface area contributed by atoms with Gasteiger partial charge >= 0.3 is 0 Å². The largest absolute Gasteiger partial charge is 0.329 e. The number of benzene rings is 1. The Morgan fingerprint density at radius 2 is 1.94 bits per heavy atom. The van der Waals surface area contributed by atoms with Crippen molar-refractivity contribution in [2.24, 2.45) is 5.73 Å². The van der Waals surface area contributed by atoms with Crippen molar-refractivity contribution < 1.29 is 8.42 Å². The van der Waals surface area contributed by atoms with Crippen LogP contribution in [-0.2, 0) is 10.0 Å². The van der Waals surface area contributed by atoms with Gasteiger partial charge in [0, 0.05) is 13.1 Å². The second kappa shape index (κ2) is 6.20. The van der Waals surface area contributed by atoms with Crippen LogP contribution in [-0.4, -0.2) is 27.3 Å². The minimum absolute atomic E-state index is 0.153. The van der Waals surface area contributed by atoms with Gasteiger partial charge in [-0.15, -0.1) is 0 Å². The Kier molecular flexibility index (Phi) is 5.16. The molecule has 0 heterocycles. The van der Waals surface area contributed by atoms with Gasteiger partial charge in [-0.3, -0.25) is 4.31 Å². The number of hydrogen-bond acceptors (Lipinski definition) is 3. The first-order valence-corrected chi connectivity index (χ1v) is 7.81. The summed E-state index contributed by atoms with van der Waals surface area (Å²) in [6, 6.07) is 5.69. The maximum absolute atomic E-state index is 12.3. The van der Waals surface area contributed by atoms with E-state index in [2.05, 4.69) is 0 Å². The molecule has 0 saturated heterocycles. The second-order valence-electron chi connectivity index (χ2n) is 4.40. The monoisotopic (exact) mass is 270 g/mol. The maximum atomic E-state index is 12.3. The Balaban J connectivity index is 3.24. The molecule has 0 aliphatic rings. The highest BCUT2D eigenvalue weighted by Crippen LogP contribution is 2.25. The molecule has 102 valence electrons. The summed E-state index contributed by atoms with van der Waals surface area (Å²) in [5.41, 5.74) is 8.36. The summed E-state index contributed by atoms with van der Waals surface area (Å²) in [6.07, 6.45) is 0.605. The van der Waals surface area contributed by atoms with E-state index in [1.807, 2.05) is 39.0 Å². The fourth-order valence-electron chi connectivity index (χ4n) is 1.90. The Labute approximate surface area is 110 Å². The lowest BCUT2D eigenvalue weighted by molar-refractivity contribution is 0.589. The third kappa shape index (κ3) is 3.23. The van der Waals surface area contributed by atoms with Gasteiger partial charge in [-0.2, -0.15) is 0 Å². The maximum Gasteiger partial charge on any atom is 0.235 e. The minimum atomic E-state index is -3.27. The summed E-state index contributed by atoms with van der Waals surface area (Å²) in [6.45, 7) is 6.42. The van der Waals surface area contributed by atoms with Gasteiger partial charge in [0.15, 0.2) is 0 Å². The van der Waals surface area contributed by atoms with Gasteiger partial charge in [-0.1, -0.05) is 19.1 Å². The van der Waals surface area contributed by atoms with Crippen LogP contribution < -0.4 is 10.0 Å². The van der Waals surface area contributed by atoms with Crippen LogP contribution in [0.5, 0.6) is 0 Å². The second-order valence-corrected chi connectivity index (χ2v) is 6.41. The Bertz CT molecular complexity index is 498. The summed E-state index contributed by atoms with van der Waals surface area (Å²) in [5, 5.41) is 0. The van der Waals surface area contributed by atoms with Crippen LogP contribution in [0.4, 0.5) is 5.69 Å². The molecule has 2 N–H and O–H groups in total. The summed E-state index contributed by atoms with van der Waals surface area (Å²) in [4.78, 5) is 0. The van der Waals surface area contributed by atoms with E-state index in [1.165, 1.54) is 4.31 Å². The van der Waals surface area contributed by atoms with Crippen LogP contribution >= 0.6 is 0 Å². The molecule has 5 heteroatoms. The van der Waals surface area contributed by atoms with Crippen LogP contribution in [0.1, 0.15) is 24.5 Å². The van der Waals surface area contributed by atoms with Crippen molar-refractivity contribution in [3.63, 3.8) is 0 Å². The van der Waals surface area contributed by atoms with E-state index in [9.17, 15) is 8.42 Å². The topological polar surface area (TPSA) is 63.4 Å². The average molecular weight is 270 g/mol. The third-order valence-corrected chi connectivity index (χ3v) is 4.95. The molecular weight excluding hydrogens is 248 g/mol. The lowest BCUT2D eigenvalue weighted by atomic mass is 10.1. The van der Waals surface area contributed by atoms with Crippen LogP contribution in [0, 0.1) is 13.8 Å². The van der Waals surface area contributed by atoms with Crippen molar-refractivity contribution in [3.05, 3.63) is 29.3 Å². The first kappa shape index (κ1) is 15.0. The fourth-order valence-corrected chi connectivity index (χ4v) is 3.52. The first-order valence-electron chi connectivity index (χ1n) is 6.20. The smallest absolute Gasteiger partial charge is 0.235 e. The predicted octanol–water partition coefficient (Wildman–Crippen LogP) is 1.81.